The molecule has 0 aliphatic heterocycles. The number of pyridine rings is 1. The first-order valence-electron chi connectivity index (χ1n) is 5.35. The number of aryl methyl sites for hydroxylation is 1. The van der Waals surface area contributed by atoms with Gasteiger partial charge < -0.3 is 11.1 Å². The Morgan fingerprint density at radius 1 is 1.39 bits per heavy atom. The third-order valence-corrected chi connectivity index (χ3v) is 2.93. The Balaban J connectivity index is 2.22. The summed E-state index contributed by atoms with van der Waals surface area (Å²) in [5.74, 6) is -0.283. The summed E-state index contributed by atoms with van der Waals surface area (Å²) in [4.78, 5) is 15.8. The molecule has 18 heavy (non-hydrogen) atoms. The zero-order valence-electron chi connectivity index (χ0n) is 9.77. The van der Waals surface area contributed by atoms with E-state index in [0.717, 1.165) is 5.56 Å². The number of benzene rings is 1. The van der Waals surface area contributed by atoms with E-state index in [0.29, 0.717) is 22.0 Å². The van der Waals surface area contributed by atoms with Gasteiger partial charge in [-0.1, -0.05) is 17.7 Å². The Hall–Kier alpha value is -2.07. The number of hydrogen-bond acceptors (Lipinski definition) is 3. The maximum absolute atomic E-state index is 12.0. The number of anilines is 2. The minimum Gasteiger partial charge on any atom is -0.397 e. The van der Waals surface area contributed by atoms with E-state index in [1.54, 1.807) is 18.2 Å². The highest BCUT2D eigenvalue weighted by Gasteiger charge is 2.09. The van der Waals surface area contributed by atoms with Crippen molar-refractivity contribution in [2.24, 2.45) is 0 Å². The molecule has 0 saturated carbocycles. The van der Waals surface area contributed by atoms with Crippen LogP contribution in [0.1, 0.15) is 15.9 Å². The summed E-state index contributed by atoms with van der Waals surface area (Å²) in [7, 11) is 0. The fourth-order valence-corrected chi connectivity index (χ4v) is 1.66. The number of amides is 1. The molecular weight excluding hydrogens is 250 g/mol. The normalized spacial score (nSPS) is 10.1. The Morgan fingerprint density at radius 3 is 2.83 bits per heavy atom. The number of nitrogens with zero attached hydrogens (tertiary/aromatic N) is 1. The minimum absolute atomic E-state index is 0.283. The van der Waals surface area contributed by atoms with Gasteiger partial charge in [0.2, 0.25) is 0 Å². The van der Waals surface area contributed by atoms with Gasteiger partial charge >= 0.3 is 0 Å². The maximum Gasteiger partial charge on any atom is 0.257 e. The molecule has 1 heterocycles. The van der Waals surface area contributed by atoms with Gasteiger partial charge in [0.25, 0.3) is 5.91 Å². The quantitative estimate of drug-likeness (QED) is 0.873. The lowest BCUT2D eigenvalue weighted by Crippen LogP contribution is -2.14. The van der Waals surface area contributed by atoms with E-state index >= 15 is 0 Å². The zero-order valence-corrected chi connectivity index (χ0v) is 10.5. The number of nitrogen functional groups attached to an aromatic ring is 1. The van der Waals surface area contributed by atoms with Gasteiger partial charge in [-0.25, -0.2) is 0 Å². The fraction of sp³-hybridized carbons (Fsp3) is 0.0769. The van der Waals surface area contributed by atoms with Gasteiger partial charge in [-0.3, -0.25) is 9.78 Å². The van der Waals surface area contributed by atoms with Gasteiger partial charge in [0.05, 0.1) is 17.4 Å². The van der Waals surface area contributed by atoms with E-state index < -0.39 is 0 Å². The van der Waals surface area contributed by atoms with Gasteiger partial charge in [-0.05, 0) is 30.7 Å². The SMILES string of the molecule is Cc1ccc(NC(=O)c2ccncc2N)cc1Cl. The van der Waals surface area contributed by atoms with E-state index in [-0.39, 0.29) is 5.91 Å². The van der Waals surface area contributed by atoms with Crippen molar-refractivity contribution in [1.29, 1.82) is 0 Å². The molecule has 0 fully saturated rings. The Morgan fingerprint density at radius 2 is 2.17 bits per heavy atom. The van der Waals surface area contributed by atoms with Gasteiger partial charge in [0, 0.05) is 16.9 Å². The van der Waals surface area contributed by atoms with Gasteiger partial charge in [-0.15, -0.1) is 0 Å². The molecule has 1 aromatic heterocycles. The van der Waals surface area contributed by atoms with Crippen LogP contribution in [-0.2, 0) is 0 Å². The van der Waals surface area contributed by atoms with Gasteiger partial charge in [-0.2, -0.15) is 0 Å². The van der Waals surface area contributed by atoms with E-state index in [9.17, 15) is 4.79 Å². The summed E-state index contributed by atoms with van der Waals surface area (Å²) in [5, 5.41) is 3.34. The smallest absolute Gasteiger partial charge is 0.257 e. The molecule has 0 aliphatic carbocycles. The number of carbonyl (C=O) groups is 1. The molecule has 0 bridgehead atoms. The van der Waals surface area contributed by atoms with Crippen LogP contribution >= 0.6 is 11.6 Å². The summed E-state index contributed by atoms with van der Waals surface area (Å²) in [6.07, 6.45) is 2.96. The van der Waals surface area contributed by atoms with Crippen LogP contribution in [0.2, 0.25) is 5.02 Å². The van der Waals surface area contributed by atoms with Crippen LogP contribution in [0, 0.1) is 6.92 Å². The third kappa shape index (κ3) is 2.60. The molecule has 0 aliphatic rings. The number of rotatable bonds is 2. The largest absolute Gasteiger partial charge is 0.397 e. The molecule has 2 aromatic rings. The van der Waals surface area contributed by atoms with Crippen molar-refractivity contribution in [2.45, 2.75) is 6.92 Å². The zero-order chi connectivity index (χ0) is 13.1. The van der Waals surface area contributed by atoms with E-state index in [1.807, 2.05) is 13.0 Å². The summed E-state index contributed by atoms with van der Waals surface area (Å²) >= 11 is 5.99. The molecule has 2 rings (SSSR count). The number of nitrogens with two attached hydrogens (primary N) is 1. The molecule has 5 heteroatoms. The van der Waals surface area contributed by atoms with Crippen molar-refractivity contribution in [3.63, 3.8) is 0 Å². The molecule has 0 radical (unpaired) electrons. The molecule has 3 N–H and O–H groups in total. The number of aromatic nitrogens is 1. The van der Waals surface area contributed by atoms with Crippen molar-refractivity contribution >= 4 is 28.9 Å². The van der Waals surface area contributed by atoms with Crippen molar-refractivity contribution in [1.82, 2.24) is 4.98 Å². The van der Waals surface area contributed by atoms with Crippen molar-refractivity contribution in [2.75, 3.05) is 11.1 Å². The first kappa shape index (κ1) is 12.4. The van der Waals surface area contributed by atoms with Crippen LogP contribution in [0.3, 0.4) is 0 Å². The van der Waals surface area contributed by atoms with Crippen LogP contribution < -0.4 is 11.1 Å². The standard InChI is InChI=1S/C13H12ClN3O/c1-8-2-3-9(6-11(8)14)17-13(18)10-4-5-16-7-12(10)15/h2-7H,15H2,1H3,(H,17,18). The predicted molar refractivity (Wildman–Crippen MR) is 72.8 cm³/mol. The Bertz CT molecular complexity index is 599. The van der Waals surface area contributed by atoms with E-state index in [4.69, 9.17) is 17.3 Å². The van der Waals surface area contributed by atoms with Gasteiger partial charge in [0.15, 0.2) is 0 Å². The number of nitrogens with one attached hydrogen (secondary N) is 1. The summed E-state index contributed by atoms with van der Waals surface area (Å²) in [6, 6.07) is 6.90. The molecule has 4 nitrogen and oxygen atoms in total. The average molecular weight is 262 g/mol. The lowest BCUT2D eigenvalue weighted by Gasteiger charge is -2.08. The Kier molecular flexibility index (Phi) is 3.48. The van der Waals surface area contributed by atoms with Gasteiger partial charge in [0.1, 0.15) is 0 Å². The highest BCUT2D eigenvalue weighted by Crippen LogP contribution is 2.21. The summed E-state index contributed by atoms with van der Waals surface area (Å²) in [5.41, 5.74) is 8.00. The molecule has 0 saturated heterocycles. The van der Waals surface area contributed by atoms with Crippen LogP contribution in [0.15, 0.2) is 36.7 Å². The lowest BCUT2D eigenvalue weighted by molar-refractivity contribution is 0.102. The molecule has 0 atom stereocenters. The van der Waals surface area contributed by atoms with E-state index in [2.05, 4.69) is 10.3 Å². The maximum atomic E-state index is 12.0. The van der Waals surface area contributed by atoms with Crippen LogP contribution in [0.5, 0.6) is 0 Å². The highest BCUT2D eigenvalue weighted by atomic mass is 35.5. The first-order valence-corrected chi connectivity index (χ1v) is 5.72. The average Bonchev–Trinajstić information content (AvgIpc) is 2.34. The first-order chi connectivity index (χ1) is 8.58. The molecule has 0 unspecified atom stereocenters. The highest BCUT2D eigenvalue weighted by molar-refractivity contribution is 6.31. The van der Waals surface area contributed by atoms with Crippen LogP contribution in [0.4, 0.5) is 11.4 Å². The Labute approximate surface area is 110 Å². The predicted octanol–water partition coefficient (Wildman–Crippen LogP) is 2.88. The summed E-state index contributed by atoms with van der Waals surface area (Å²) < 4.78 is 0. The van der Waals surface area contributed by atoms with Crippen LogP contribution in [0.25, 0.3) is 0 Å². The fourth-order valence-electron chi connectivity index (χ4n) is 1.48. The van der Waals surface area contributed by atoms with Crippen molar-refractivity contribution in [3.05, 3.63) is 52.8 Å². The number of hydrogen-bond donors (Lipinski definition) is 2. The van der Waals surface area contributed by atoms with Crippen LogP contribution in [-0.4, -0.2) is 10.9 Å². The summed E-state index contributed by atoms with van der Waals surface area (Å²) in [6.45, 7) is 1.90. The monoisotopic (exact) mass is 261 g/mol. The second-order valence-corrected chi connectivity index (χ2v) is 4.29. The molecule has 1 aromatic carbocycles. The topological polar surface area (TPSA) is 68.0 Å². The number of halogens is 1. The van der Waals surface area contributed by atoms with Crippen molar-refractivity contribution < 1.29 is 4.79 Å². The molecule has 1 amide bonds. The minimum atomic E-state index is -0.283. The second-order valence-electron chi connectivity index (χ2n) is 3.88. The lowest BCUT2D eigenvalue weighted by atomic mass is 10.2. The van der Waals surface area contributed by atoms with E-state index in [1.165, 1.54) is 12.4 Å². The second kappa shape index (κ2) is 5.06. The molecule has 92 valence electrons. The molecule has 0 spiro atoms. The molecular formula is C13H12ClN3O. The van der Waals surface area contributed by atoms with Crippen molar-refractivity contribution in [3.8, 4) is 0 Å². The number of carbonyl (C=O) groups excluding carboxylic acids is 1. The third-order valence-electron chi connectivity index (χ3n) is 2.53.